The first-order chi connectivity index (χ1) is 10.7. The molecule has 0 radical (unpaired) electrons. The predicted octanol–water partition coefficient (Wildman–Crippen LogP) is 2.39. The van der Waals surface area contributed by atoms with Gasteiger partial charge in [0.1, 0.15) is 4.64 Å². The summed E-state index contributed by atoms with van der Waals surface area (Å²) in [5, 5.41) is 1.13. The Balaban J connectivity index is 2.07. The molecular weight excluding hydrogens is 316 g/mol. The molecule has 0 N–H and O–H groups in total. The van der Waals surface area contributed by atoms with E-state index in [-0.39, 0.29) is 11.8 Å². The maximum absolute atomic E-state index is 12.4. The molecule has 6 nitrogen and oxygen atoms in total. The molecule has 1 aromatic heterocycles. The summed E-state index contributed by atoms with van der Waals surface area (Å²) in [5.41, 5.74) is -0.589. The van der Waals surface area contributed by atoms with Crippen molar-refractivity contribution in [2.45, 2.75) is 39.7 Å². The van der Waals surface area contributed by atoms with E-state index in [1.54, 1.807) is 45.2 Å². The highest BCUT2D eigenvalue weighted by Gasteiger charge is 2.41. The van der Waals surface area contributed by atoms with E-state index in [1.165, 1.54) is 11.8 Å². The van der Waals surface area contributed by atoms with Crippen LogP contribution in [0, 0.1) is 16.0 Å². The number of aromatic nitrogens is 1. The summed E-state index contributed by atoms with van der Waals surface area (Å²) in [6, 6.07) is 5.13. The van der Waals surface area contributed by atoms with Gasteiger partial charge in [-0.3, -0.25) is 9.63 Å². The molecule has 0 bridgehead atoms. The molecule has 7 heteroatoms. The topological polar surface area (TPSA) is 60.8 Å². The Morgan fingerprint density at radius 3 is 2.52 bits per heavy atom. The molecule has 1 unspecified atom stereocenters. The molecule has 126 valence electrons. The first kappa shape index (κ1) is 17.6. The molecule has 1 aromatic rings. The number of pyridine rings is 1. The van der Waals surface area contributed by atoms with E-state index >= 15 is 0 Å². The Kier molecular flexibility index (Phi) is 5.21. The number of hydroxylamine groups is 2. The molecule has 0 spiro atoms. The van der Waals surface area contributed by atoms with E-state index in [0.29, 0.717) is 4.64 Å². The van der Waals surface area contributed by atoms with Crippen molar-refractivity contribution in [3.8, 4) is 0 Å². The molecule has 2 rings (SSSR count). The second-order valence-corrected chi connectivity index (χ2v) is 7.11. The second-order valence-electron chi connectivity index (χ2n) is 6.69. The molecule has 1 fully saturated rings. The Morgan fingerprint density at radius 2 is 2.00 bits per heavy atom. The van der Waals surface area contributed by atoms with Gasteiger partial charge in [0.2, 0.25) is 0 Å². The highest BCUT2D eigenvalue weighted by molar-refractivity contribution is 7.71. The molecule has 0 saturated heterocycles. The van der Waals surface area contributed by atoms with E-state index < -0.39 is 17.5 Å². The smallest absolute Gasteiger partial charge is 0.333 e. The van der Waals surface area contributed by atoms with Crippen LogP contribution in [0.5, 0.6) is 0 Å². The summed E-state index contributed by atoms with van der Waals surface area (Å²) < 4.78 is 1.61. The maximum Gasteiger partial charge on any atom is 0.364 e. The lowest BCUT2D eigenvalue weighted by molar-refractivity contribution is -0.216. The molecule has 1 atom stereocenters. The average molecular weight is 338 g/mol. The molecule has 1 aliphatic rings. The van der Waals surface area contributed by atoms with Crippen LogP contribution in [0.2, 0.25) is 0 Å². The summed E-state index contributed by atoms with van der Waals surface area (Å²) in [7, 11) is 1.52. The van der Waals surface area contributed by atoms with Crippen LogP contribution in [0.25, 0.3) is 0 Å². The normalized spacial score (nSPS) is 15.8. The van der Waals surface area contributed by atoms with Gasteiger partial charge in [-0.15, -0.1) is 0 Å². The van der Waals surface area contributed by atoms with Gasteiger partial charge in [-0.05, 0) is 30.9 Å². The summed E-state index contributed by atoms with van der Waals surface area (Å²) in [4.78, 5) is 35.5. The van der Waals surface area contributed by atoms with Crippen LogP contribution in [0.4, 0.5) is 0 Å². The predicted molar refractivity (Wildman–Crippen MR) is 86.7 cm³/mol. The van der Waals surface area contributed by atoms with Gasteiger partial charge in [-0.1, -0.05) is 39.1 Å². The first-order valence-corrected chi connectivity index (χ1v) is 7.96. The maximum atomic E-state index is 12.4. The fraction of sp³-hybridized carbons (Fsp3) is 0.562. The molecule has 0 aromatic carbocycles. The lowest BCUT2D eigenvalue weighted by Crippen LogP contribution is -2.44. The van der Waals surface area contributed by atoms with Crippen molar-refractivity contribution in [2.75, 3.05) is 7.05 Å². The van der Waals surface area contributed by atoms with Crippen molar-refractivity contribution in [1.82, 2.24) is 9.79 Å². The summed E-state index contributed by atoms with van der Waals surface area (Å²) in [6.45, 7) is 5.38. The minimum atomic E-state index is -0.812. The Hall–Kier alpha value is -1.73. The van der Waals surface area contributed by atoms with Gasteiger partial charge in [0, 0.05) is 18.7 Å². The van der Waals surface area contributed by atoms with Crippen molar-refractivity contribution in [3.05, 3.63) is 29.0 Å². The lowest BCUT2D eigenvalue weighted by Gasteiger charge is -2.28. The minimum Gasteiger partial charge on any atom is -0.333 e. The van der Waals surface area contributed by atoms with Crippen molar-refractivity contribution < 1.29 is 19.3 Å². The minimum absolute atomic E-state index is 0.0654. The van der Waals surface area contributed by atoms with E-state index in [9.17, 15) is 9.59 Å². The van der Waals surface area contributed by atoms with E-state index in [1.807, 2.05) is 0 Å². The summed E-state index contributed by atoms with van der Waals surface area (Å²) in [6.07, 6.45) is 2.50. The molecule has 1 aliphatic carbocycles. The van der Waals surface area contributed by atoms with Crippen LogP contribution in [-0.4, -0.2) is 34.8 Å². The third kappa shape index (κ3) is 4.62. The van der Waals surface area contributed by atoms with Gasteiger partial charge in [0.25, 0.3) is 5.91 Å². The molecule has 1 heterocycles. The fourth-order valence-corrected chi connectivity index (χ4v) is 2.22. The third-order valence-electron chi connectivity index (χ3n) is 3.46. The van der Waals surface area contributed by atoms with Crippen molar-refractivity contribution in [1.29, 1.82) is 0 Å². The fourth-order valence-electron chi connectivity index (χ4n) is 2.05. The number of carbonyl (C=O) groups is 2. The van der Waals surface area contributed by atoms with E-state index in [2.05, 4.69) is 0 Å². The monoisotopic (exact) mass is 338 g/mol. The molecule has 1 amide bonds. The number of hydrogen-bond acceptors (Lipinski definition) is 5. The van der Waals surface area contributed by atoms with Crippen LogP contribution in [0.1, 0.15) is 33.6 Å². The SMILES string of the molecule is CN(OC(C(=O)On1ccccc1=S)C1CC1)C(=O)C(C)(C)C. The third-order valence-corrected chi connectivity index (χ3v) is 3.77. The molecule has 1 saturated carbocycles. The first-order valence-electron chi connectivity index (χ1n) is 7.55. The quantitative estimate of drug-likeness (QED) is 0.609. The number of nitrogens with zero attached hydrogens (tertiary/aromatic N) is 2. The zero-order valence-electron chi connectivity index (χ0n) is 13.8. The standard InChI is InChI=1S/C16H22N2O4S/c1-16(2,3)15(20)17(4)21-13(11-8-9-11)14(19)22-18-10-6-5-7-12(18)23/h5-7,10-11,13H,8-9H2,1-4H3. The van der Waals surface area contributed by atoms with Crippen LogP contribution < -0.4 is 4.84 Å². The summed E-state index contributed by atoms with van der Waals surface area (Å²) in [5.74, 6) is -0.689. The van der Waals surface area contributed by atoms with Gasteiger partial charge in [-0.25, -0.2) is 9.86 Å². The van der Waals surface area contributed by atoms with Gasteiger partial charge in [-0.2, -0.15) is 4.73 Å². The van der Waals surface area contributed by atoms with Gasteiger partial charge >= 0.3 is 5.97 Å². The highest BCUT2D eigenvalue weighted by Crippen LogP contribution is 2.35. The Labute approximate surface area is 140 Å². The zero-order valence-corrected chi connectivity index (χ0v) is 14.6. The number of amides is 1. The largest absolute Gasteiger partial charge is 0.364 e. The average Bonchev–Trinajstić information content (AvgIpc) is 3.29. The number of rotatable bonds is 5. The van der Waals surface area contributed by atoms with Gasteiger partial charge in [0.15, 0.2) is 6.10 Å². The van der Waals surface area contributed by atoms with Crippen LogP contribution in [-0.2, 0) is 14.4 Å². The Morgan fingerprint density at radius 1 is 1.35 bits per heavy atom. The van der Waals surface area contributed by atoms with E-state index in [4.69, 9.17) is 21.9 Å². The zero-order chi connectivity index (χ0) is 17.2. The van der Waals surface area contributed by atoms with E-state index in [0.717, 1.165) is 17.9 Å². The molecule has 23 heavy (non-hydrogen) atoms. The van der Waals surface area contributed by atoms with Crippen LogP contribution in [0.3, 0.4) is 0 Å². The van der Waals surface area contributed by atoms with Crippen molar-refractivity contribution in [2.24, 2.45) is 11.3 Å². The van der Waals surface area contributed by atoms with Crippen molar-refractivity contribution in [3.63, 3.8) is 0 Å². The molecular formula is C16H22N2O4S. The van der Waals surface area contributed by atoms with Crippen LogP contribution >= 0.6 is 12.2 Å². The second kappa shape index (κ2) is 6.80. The Bertz CT molecular complexity index is 646. The number of hydrogen-bond donors (Lipinski definition) is 0. The van der Waals surface area contributed by atoms with Gasteiger partial charge < -0.3 is 4.84 Å². The number of carbonyl (C=O) groups excluding carboxylic acids is 2. The van der Waals surface area contributed by atoms with Crippen LogP contribution in [0.15, 0.2) is 24.4 Å². The van der Waals surface area contributed by atoms with Gasteiger partial charge in [0.05, 0.1) is 0 Å². The lowest BCUT2D eigenvalue weighted by atomic mass is 9.96. The molecule has 0 aliphatic heterocycles. The summed E-state index contributed by atoms with van der Waals surface area (Å²) >= 11 is 5.10. The highest BCUT2D eigenvalue weighted by atomic mass is 32.1. The van der Waals surface area contributed by atoms with Crippen molar-refractivity contribution >= 4 is 24.1 Å².